The Bertz CT molecular complexity index is 509. The normalized spacial score (nSPS) is 21.1. The molecule has 1 aliphatic rings. The standard InChI is InChI=1S/C15H22N2O3S/c1-3-17(9-15(19)20)12-6-11(7-12)16-14(18)8-13-5-4-10(2)21-13/h4-5,11-12H,3,6-9H2,1-2H3,(H,16,18)(H,19,20). The van der Waals surface area contributed by atoms with Crippen LogP contribution in [0.3, 0.4) is 0 Å². The van der Waals surface area contributed by atoms with Gasteiger partial charge in [0.15, 0.2) is 0 Å². The fourth-order valence-electron chi connectivity index (χ4n) is 2.69. The van der Waals surface area contributed by atoms with E-state index in [2.05, 4.69) is 5.32 Å². The molecular formula is C15H22N2O3S. The van der Waals surface area contributed by atoms with Gasteiger partial charge >= 0.3 is 5.97 Å². The van der Waals surface area contributed by atoms with Gasteiger partial charge in [-0.1, -0.05) is 6.92 Å². The molecule has 0 aliphatic heterocycles. The number of amides is 1. The van der Waals surface area contributed by atoms with Crippen LogP contribution in [0.1, 0.15) is 29.5 Å². The summed E-state index contributed by atoms with van der Waals surface area (Å²) >= 11 is 1.65. The second-order valence-corrected chi connectivity index (χ2v) is 6.91. The molecule has 0 saturated heterocycles. The molecule has 0 radical (unpaired) electrons. The lowest BCUT2D eigenvalue weighted by Gasteiger charge is -2.42. The fourth-order valence-corrected chi connectivity index (χ4v) is 3.58. The van der Waals surface area contributed by atoms with Crippen LogP contribution in [0, 0.1) is 6.92 Å². The number of carboxylic acid groups (broad SMARTS) is 1. The van der Waals surface area contributed by atoms with Gasteiger partial charge in [-0.05, 0) is 38.4 Å². The average molecular weight is 310 g/mol. The fraction of sp³-hybridized carbons (Fsp3) is 0.600. The van der Waals surface area contributed by atoms with E-state index >= 15 is 0 Å². The van der Waals surface area contributed by atoms with E-state index in [1.165, 1.54) is 4.88 Å². The largest absolute Gasteiger partial charge is 0.480 e. The summed E-state index contributed by atoms with van der Waals surface area (Å²) in [5.74, 6) is -0.737. The first-order chi connectivity index (χ1) is 9.97. The van der Waals surface area contributed by atoms with E-state index in [9.17, 15) is 9.59 Å². The number of carbonyl (C=O) groups excluding carboxylic acids is 1. The third-order valence-electron chi connectivity index (χ3n) is 3.87. The first-order valence-electron chi connectivity index (χ1n) is 7.28. The minimum absolute atomic E-state index is 0.0570. The van der Waals surface area contributed by atoms with Gasteiger partial charge in [-0.15, -0.1) is 11.3 Å². The number of thiophene rings is 1. The van der Waals surface area contributed by atoms with Crippen LogP contribution in [0.4, 0.5) is 0 Å². The number of carboxylic acids is 1. The molecule has 21 heavy (non-hydrogen) atoms. The maximum atomic E-state index is 11.9. The Kier molecular flexibility index (Phi) is 5.36. The molecule has 1 saturated carbocycles. The minimum Gasteiger partial charge on any atom is -0.480 e. The molecule has 0 atom stereocenters. The van der Waals surface area contributed by atoms with E-state index in [0.717, 1.165) is 24.3 Å². The van der Waals surface area contributed by atoms with Crippen LogP contribution in [0.5, 0.6) is 0 Å². The summed E-state index contributed by atoms with van der Waals surface area (Å²) in [4.78, 5) is 27.0. The van der Waals surface area contributed by atoms with Gasteiger partial charge in [0.1, 0.15) is 0 Å². The molecule has 1 heterocycles. The number of nitrogens with one attached hydrogen (secondary N) is 1. The molecule has 1 amide bonds. The second kappa shape index (κ2) is 7.04. The van der Waals surface area contributed by atoms with Crippen LogP contribution in [0.2, 0.25) is 0 Å². The van der Waals surface area contributed by atoms with Crippen molar-refractivity contribution in [3.8, 4) is 0 Å². The summed E-state index contributed by atoms with van der Waals surface area (Å²) in [6.07, 6.45) is 2.12. The van der Waals surface area contributed by atoms with Gasteiger partial charge < -0.3 is 10.4 Å². The molecule has 0 aromatic carbocycles. The lowest BCUT2D eigenvalue weighted by molar-refractivity contribution is -0.139. The minimum atomic E-state index is -0.794. The number of hydrogen-bond acceptors (Lipinski definition) is 4. The smallest absolute Gasteiger partial charge is 0.317 e. The maximum absolute atomic E-state index is 11.9. The Morgan fingerprint density at radius 2 is 2.14 bits per heavy atom. The van der Waals surface area contributed by atoms with Crippen molar-refractivity contribution < 1.29 is 14.7 Å². The first kappa shape index (κ1) is 16.0. The summed E-state index contributed by atoms with van der Waals surface area (Å²) in [5.41, 5.74) is 0. The first-order valence-corrected chi connectivity index (χ1v) is 8.10. The second-order valence-electron chi connectivity index (χ2n) is 5.54. The molecule has 5 nitrogen and oxygen atoms in total. The van der Waals surface area contributed by atoms with Gasteiger partial charge in [0.25, 0.3) is 0 Å². The molecule has 0 unspecified atom stereocenters. The summed E-state index contributed by atoms with van der Waals surface area (Å²) in [6, 6.07) is 4.48. The van der Waals surface area contributed by atoms with Crippen molar-refractivity contribution in [1.29, 1.82) is 0 Å². The number of carbonyl (C=O) groups is 2. The number of hydrogen-bond donors (Lipinski definition) is 2. The van der Waals surface area contributed by atoms with Crippen molar-refractivity contribution in [3.63, 3.8) is 0 Å². The number of rotatable bonds is 7. The topological polar surface area (TPSA) is 69.6 Å². The predicted octanol–water partition coefficient (Wildman–Crippen LogP) is 1.65. The molecule has 1 aromatic heterocycles. The van der Waals surface area contributed by atoms with Gasteiger partial charge in [0.05, 0.1) is 13.0 Å². The Morgan fingerprint density at radius 1 is 1.43 bits per heavy atom. The summed E-state index contributed by atoms with van der Waals surface area (Å²) in [7, 11) is 0. The SMILES string of the molecule is CCN(CC(=O)O)C1CC(NC(=O)Cc2ccc(C)s2)C1. The summed E-state index contributed by atoms with van der Waals surface area (Å²) < 4.78 is 0. The molecule has 0 spiro atoms. The molecule has 116 valence electrons. The van der Waals surface area contributed by atoms with Gasteiger partial charge in [0, 0.05) is 21.8 Å². The number of nitrogens with zero attached hydrogens (tertiary/aromatic N) is 1. The average Bonchev–Trinajstić information content (AvgIpc) is 2.76. The third-order valence-corrected chi connectivity index (χ3v) is 4.87. The molecule has 2 rings (SSSR count). The van der Waals surface area contributed by atoms with Crippen LogP contribution >= 0.6 is 11.3 Å². The molecule has 2 N–H and O–H groups in total. The number of aliphatic carboxylic acids is 1. The van der Waals surface area contributed by atoms with Crippen LogP contribution in [-0.4, -0.2) is 47.1 Å². The van der Waals surface area contributed by atoms with Crippen LogP contribution < -0.4 is 5.32 Å². The van der Waals surface area contributed by atoms with E-state index in [-0.39, 0.29) is 24.5 Å². The van der Waals surface area contributed by atoms with Gasteiger partial charge in [-0.3, -0.25) is 14.5 Å². The van der Waals surface area contributed by atoms with Crippen molar-refractivity contribution in [2.45, 2.75) is 45.2 Å². The van der Waals surface area contributed by atoms with Crippen molar-refractivity contribution >= 4 is 23.2 Å². The van der Waals surface area contributed by atoms with Crippen molar-refractivity contribution in [2.75, 3.05) is 13.1 Å². The van der Waals surface area contributed by atoms with E-state index in [4.69, 9.17) is 5.11 Å². The highest BCUT2D eigenvalue weighted by atomic mass is 32.1. The third kappa shape index (κ3) is 4.54. The zero-order valence-electron chi connectivity index (χ0n) is 12.5. The zero-order chi connectivity index (χ0) is 15.4. The lowest BCUT2D eigenvalue weighted by atomic mass is 9.85. The van der Waals surface area contributed by atoms with E-state index in [0.29, 0.717) is 6.42 Å². The van der Waals surface area contributed by atoms with Crippen LogP contribution in [0.25, 0.3) is 0 Å². The van der Waals surface area contributed by atoms with Crippen molar-refractivity contribution in [2.24, 2.45) is 0 Å². The van der Waals surface area contributed by atoms with E-state index in [1.54, 1.807) is 11.3 Å². The van der Waals surface area contributed by atoms with Gasteiger partial charge in [-0.2, -0.15) is 0 Å². The lowest BCUT2D eigenvalue weighted by Crippen LogP contribution is -2.55. The Hall–Kier alpha value is -1.40. The van der Waals surface area contributed by atoms with Crippen molar-refractivity contribution in [1.82, 2.24) is 10.2 Å². The Labute approximate surface area is 129 Å². The maximum Gasteiger partial charge on any atom is 0.317 e. The quantitative estimate of drug-likeness (QED) is 0.803. The van der Waals surface area contributed by atoms with Crippen molar-refractivity contribution in [3.05, 3.63) is 21.9 Å². The highest BCUT2D eigenvalue weighted by Crippen LogP contribution is 2.25. The molecule has 1 aliphatic carbocycles. The Morgan fingerprint density at radius 3 is 2.67 bits per heavy atom. The predicted molar refractivity (Wildman–Crippen MR) is 82.6 cm³/mol. The van der Waals surface area contributed by atoms with E-state index in [1.807, 2.05) is 30.9 Å². The molecule has 6 heteroatoms. The molecule has 1 fully saturated rings. The Balaban J connectivity index is 1.72. The number of aryl methyl sites for hydroxylation is 1. The van der Waals surface area contributed by atoms with Crippen LogP contribution in [-0.2, 0) is 16.0 Å². The highest BCUT2D eigenvalue weighted by molar-refractivity contribution is 7.12. The highest BCUT2D eigenvalue weighted by Gasteiger charge is 2.34. The summed E-state index contributed by atoms with van der Waals surface area (Å²) in [5, 5.41) is 11.9. The van der Waals surface area contributed by atoms with Gasteiger partial charge in [-0.25, -0.2) is 0 Å². The number of likely N-dealkylation sites (N-methyl/N-ethyl adjacent to an activating group) is 1. The zero-order valence-corrected chi connectivity index (χ0v) is 13.3. The molecule has 0 bridgehead atoms. The monoisotopic (exact) mass is 310 g/mol. The summed E-state index contributed by atoms with van der Waals surface area (Å²) in [6.45, 7) is 4.81. The van der Waals surface area contributed by atoms with Crippen LogP contribution in [0.15, 0.2) is 12.1 Å². The molecule has 1 aromatic rings. The molecular weight excluding hydrogens is 288 g/mol. The van der Waals surface area contributed by atoms with E-state index < -0.39 is 5.97 Å². The van der Waals surface area contributed by atoms with Gasteiger partial charge in [0.2, 0.25) is 5.91 Å².